The number of imidazole rings is 1. The van der Waals surface area contributed by atoms with E-state index in [0.29, 0.717) is 24.5 Å². The molecule has 0 spiro atoms. The second-order valence-electron chi connectivity index (χ2n) is 9.82. The number of pyridine rings is 1. The topological polar surface area (TPSA) is 92.4 Å². The van der Waals surface area contributed by atoms with Crippen molar-refractivity contribution in [2.24, 2.45) is 5.92 Å². The van der Waals surface area contributed by atoms with Crippen molar-refractivity contribution >= 4 is 17.1 Å². The molecule has 1 aliphatic rings. The van der Waals surface area contributed by atoms with Crippen LogP contribution in [0.1, 0.15) is 49.0 Å². The molecule has 7 heteroatoms. The molecule has 0 unspecified atom stereocenters. The summed E-state index contributed by atoms with van der Waals surface area (Å²) in [6.45, 7) is 5.86. The highest BCUT2D eigenvalue weighted by molar-refractivity contribution is 5.98. The van der Waals surface area contributed by atoms with E-state index in [1.165, 1.54) is 12.8 Å². The van der Waals surface area contributed by atoms with Crippen LogP contribution in [-0.4, -0.2) is 42.6 Å². The van der Waals surface area contributed by atoms with Crippen molar-refractivity contribution in [1.82, 2.24) is 19.6 Å². The average molecular weight is 456 g/mol. The summed E-state index contributed by atoms with van der Waals surface area (Å²) in [5.74, 6) is 0.789. The number of nitrogens with zero attached hydrogens (tertiary/aromatic N) is 4. The quantitative estimate of drug-likeness (QED) is 0.366. The Morgan fingerprint density at radius 3 is 2.59 bits per heavy atom. The van der Waals surface area contributed by atoms with Crippen LogP contribution < -0.4 is 5.32 Å². The summed E-state index contributed by atoms with van der Waals surface area (Å²) < 4.78 is 1.82. The minimum atomic E-state index is -0.882. The van der Waals surface area contributed by atoms with Gasteiger partial charge in [-0.05, 0) is 69.4 Å². The van der Waals surface area contributed by atoms with Gasteiger partial charge in [0.15, 0.2) is 11.4 Å². The second kappa shape index (κ2) is 8.65. The SMILES string of the molecule is Cc1cc(-c2cnc3c(NCC(C)(C)O)cc(-c4ccncc4)nn23)ccc1C(=O)CC1CC1. The molecule has 4 aromatic rings. The minimum Gasteiger partial charge on any atom is -0.389 e. The Kier molecular flexibility index (Phi) is 5.65. The van der Waals surface area contributed by atoms with E-state index in [4.69, 9.17) is 5.10 Å². The number of anilines is 1. The van der Waals surface area contributed by atoms with Crippen LogP contribution in [0.2, 0.25) is 0 Å². The highest BCUT2D eigenvalue weighted by Gasteiger charge is 2.25. The van der Waals surface area contributed by atoms with Gasteiger partial charge in [-0.2, -0.15) is 5.10 Å². The summed E-state index contributed by atoms with van der Waals surface area (Å²) in [6.07, 6.45) is 8.25. The van der Waals surface area contributed by atoms with Crippen molar-refractivity contribution in [2.75, 3.05) is 11.9 Å². The third-order valence-corrected chi connectivity index (χ3v) is 6.15. The number of fused-ring (bicyclic) bond motifs is 1. The van der Waals surface area contributed by atoms with Gasteiger partial charge in [0.05, 0.1) is 28.9 Å². The van der Waals surface area contributed by atoms with Crippen molar-refractivity contribution < 1.29 is 9.90 Å². The standard InChI is InChI=1S/C27H29N5O2/c1-17-12-20(6-7-21(17)25(33)13-18-4-5-18)24-15-29-26-23(30-16-27(2,3)34)14-22(31-32(24)26)19-8-10-28-11-9-19/h6-12,14-15,18,30,34H,4-5,13,16H2,1-3H3. The van der Waals surface area contributed by atoms with Gasteiger partial charge in [-0.25, -0.2) is 9.50 Å². The van der Waals surface area contributed by atoms with Crippen molar-refractivity contribution in [3.05, 3.63) is 66.1 Å². The molecule has 0 saturated heterocycles. The predicted octanol–water partition coefficient (Wildman–Crippen LogP) is 4.93. The second-order valence-corrected chi connectivity index (χ2v) is 9.82. The number of hydrogen-bond donors (Lipinski definition) is 2. The van der Waals surface area contributed by atoms with Crippen LogP contribution in [0.15, 0.2) is 55.0 Å². The maximum atomic E-state index is 12.7. The van der Waals surface area contributed by atoms with E-state index in [2.05, 4.69) is 15.3 Å². The normalized spacial score (nSPS) is 13.9. The summed E-state index contributed by atoms with van der Waals surface area (Å²) in [5.41, 5.74) is 5.80. The molecular formula is C27H29N5O2. The van der Waals surface area contributed by atoms with Crippen LogP contribution in [0, 0.1) is 12.8 Å². The molecule has 0 atom stereocenters. The van der Waals surface area contributed by atoms with E-state index < -0.39 is 5.60 Å². The number of nitrogens with one attached hydrogen (secondary N) is 1. The van der Waals surface area contributed by atoms with Gasteiger partial charge in [0.25, 0.3) is 0 Å². The van der Waals surface area contributed by atoms with Crippen LogP contribution in [-0.2, 0) is 0 Å². The molecule has 7 nitrogen and oxygen atoms in total. The third kappa shape index (κ3) is 4.70. The third-order valence-electron chi connectivity index (χ3n) is 6.15. The number of aromatic nitrogens is 4. The number of carbonyl (C=O) groups is 1. The van der Waals surface area contributed by atoms with Crippen molar-refractivity contribution in [3.8, 4) is 22.5 Å². The first-order valence-electron chi connectivity index (χ1n) is 11.7. The fourth-order valence-corrected chi connectivity index (χ4v) is 4.10. The van der Waals surface area contributed by atoms with E-state index in [-0.39, 0.29) is 5.78 Å². The number of aryl methyl sites for hydroxylation is 1. The zero-order valence-electron chi connectivity index (χ0n) is 19.7. The lowest BCUT2D eigenvalue weighted by molar-refractivity contribution is 0.0944. The zero-order chi connectivity index (χ0) is 23.9. The Balaban J connectivity index is 1.57. The molecule has 1 aliphatic carbocycles. The van der Waals surface area contributed by atoms with Gasteiger partial charge in [0, 0.05) is 42.0 Å². The van der Waals surface area contributed by atoms with Gasteiger partial charge in [-0.15, -0.1) is 0 Å². The molecule has 0 aliphatic heterocycles. The number of carbonyl (C=O) groups excluding carboxylic acids is 1. The molecular weight excluding hydrogens is 426 g/mol. The first kappa shape index (κ1) is 22.2. The Labute approximate surface area is 198 Å². The van der Waals surface area contributed by atoms with Gasteiger partial charge >= 0.3 is 0 Å². The maximum absolute atomic E-state index is 12.7. The summed E-state index contributed by atoms with van der Waals surface area (Å²) >= 11 is 0. The molecule has 5 rings (SSSR count). The van der Waals surface area contributed by atoms with E-state index in [1.54, 1.807) is 32.4 Å². The molecule has 1 saturated carbocycles. The fraction of sp³-hybridized carbons (Fsp3) is 0.333. The van der Waals surface area contributed by atoms with Crippen LogP contribution in [0.4, 0.5) is 5.69 Å². The molecule has 3 heterocycles. The number of rotatable bonds is 8. The summed E-state index contributed by atoms with van der Waals surface area (Å²) in [4.78, 5) is 21.4. The maximum Gasteiger partial charge on any atom is 0.177 e. The number of Topliss-reactive ketones (excluding diaryl/α,β-unsaturated/α-hetero) is 1. The lowest BCUT2D eigenvalue weighted by atomic mass is 9.98. The molecule has 34 heavy (non-hydrogen) atoms. The van der Waals surface area contributed by atoms with Gasteiger partial charge < -0.3 is 10.4 Å². The van der Waals surface area contributed by atoms with E-state index in [0.717, 1.165) is 39.3 Å². The number of benzene rings is 1. The molecule has 1 aromatic carbocycles. The largest absolute Gasteiger partial charge is 0.389 e. The van der Waals surface area contributed by atoms with E-state index in [1.807, 2.05) is 47.8 Å². The number of hydrogen-bond acceptors (Lipinski definition) is 6. The molecule has 3 aromatic heterocycles. The molecule has 0 bridgehead atoms. The lowest BCUT2D eigenvalue weighted by Gasteiger charge is -2.19. The number of aliphatic hydroxyl groups is 1. The highest BCUT2D eigenvalue weighted by Crippen LogP contribution is 2.34. The van der Waals surface area contributed by atoms with E-state index >= 15 is 0 Å². The molecule has 174 valence electrons. The van der Waals surface area contributed by atoms with Gasteiger partial charge in [-0.1, -0.05) is 12.1 Å². The van der Waals surface area contributed by atoms with Crippen LogP contribution in [0.5, 0.6) is 0 Å². The van der Waals surface area contributed by atoms with Crippen molar-refractivity contribution in [1.29, 1.82) is 0 Å². The van der Waals surface area contributed by atoms with Crippen LogP contribution >= 0.6 is 0 Å². The average Bonchev–Trinajstić information content (AvgIpc) is 3.52. The molecule has 0 amide bonds. The predicted molar refractivity (Wildman–Crippen MR) is 133 cm³/mol. The summed E-state index contributed by atoms with van der Waals surface area (Å²) in [7, 11) is 0. The summed E-state index contributed by atoms with van der Waals surface area (Å²) in [5, 5.41) is 18.4. The zero-order valence-corrected chi connectivity index (χ0v) is 19.7. The van der Waals surface area contributed by atoms with Gasteiger partial charge in [-0.3, -0.25) is 9.78 Å². The minimum absolute atomic E-state index is 0.223. The summed E-state index contributed by atoms with van der Waals surface area (Å²) in [6, 6.07) is 11.7. The Bertz CT molecular complexity index is 1350. The van der Waals surface area contributed by atoms with Crippen LogP contribution in [0.25, 0.3) is 28.2 Å². The van der Waals surface area contributed by atoms with Crippen molar-refractivity contribution in [3.63, 3.8) is 0 Å². The Morgan fingerprint density at radius 1 is 1.15 bits per heavy atom. The molecule has 1 fully saturated rings. The number of ketones is 1. The fourth-order valence-electron chi connectivity index (χ4n) is 4.10. The van der Waals surface area contributed by atoms with E-state index in [9.17, 15) is 9.90 Å². The monoisotopic (exact) mass is 455 g/mol. The Morgan fingerprint density at radius 2 is 1.91 bits per heavy atom. The smallest absolute Gasteiger partial charge is 0.177 e. The van der Waals surface area contributed by atoms with Gasteiger partial charge in [0.1, 0.15) is 0 Å². The Hall–Kier alpha value is -3.58. The van der Waals surface area contributed by atoms with Crippen LogP contribution in [0.3, 0.4) is 0 Å². The first-order valence-corrected chi connectivity index (χ1v) is 11.7. The highest BCUT2D eigenvalue weighted by atomic mass is 16.3. The van der Waals surface area contributed by atoms with Crippen molar-refractivity contribution in [2.45, 2.75) is 45.6 Å². The molecule has 2 N–H and O–H groups in total. The first-order chi connectivity index (χ1) is 16.3. The molecule has 0 radical (unpaired) electrons. The lowest BCUT2D eigenvalue weighted by Crippen LogP contribution is -2.29. The van der Waals surface area contributed by atoms with Gasteiger partial charge in [0.2, 0.25) is 0 Å².